The highest BCUT2D eigenvalue weighted by atomic mass is 32.1. The first-order chi connectivity index (χ1) is 6.86. The first kappa shape index (κ1) is 9.21. The van der Waals surface area contributed by atoms with Crippen LogP contribution >= 0.6 is 11.3 Å². The van der Waals surface area contributed by atoms with Crippen LogP contribution in [0, 0.1) is 0 Å². The monoisotopic (exact) mass is 204 g/mol. The fraction of sp³-hybridized carbons (Fsp3) is 0.182. The molecule has 0 unspecified atom stereocenters. The number of rotatable bonds is 2. The summed E-state index contributed by atoms with van der Waals surface area (Å²) < 4.78 is 0. The van der Waals surface area contributed by atoms with Crippen LogP contribution in [-0.4, -0.2) is 24.3 Å². The molecule has 2 nitrogen and oxygen atoms in total. The topological polar surface area (TPSA) is 15.6 Å². The molecule has 0 radical (unpaired) electrons. The van der Waals surface area contributed by atoms with Crippen molar-refractivity contribution < 1.29 is 0 Å². The Labute approximate surface area is 87.9 Å². The molecular formula is C11H12N2S. The summed E-state index contributed by atoms with van der Waals surface area (Å²) in [5, 5.41) is 2.08. The van der Waals surface area contributed by atoms with Crippen LogP contribution in [0.4, 0.5) is 0 Å². The summed E-state index contributed by atoms with van der Waals surface area (Å²) >= 11 is 1.73. The van der Waals surface area contributed by atoms with E-state index >= 15 is 0 Å². The number of likely N-dealkylation sites (N-methyl/N-ethyl adjacent to an activating group) is 1. The van der Waals surface area contributed by atoms with Gasteiger partial charge in [0.1, 0.15) is 5.84 Å². The van der Waals surface area contributed by atoms with Crippen molar-refractivity contribution in [3.8, 4) is 0 Å². The molecule has 0 fully saturated rings. The smallest absolute Gasteiger partial charge is 0.128 e. The molecule has 2 heterocycles. The van der Waals surface area contributed by atoms with E-state index in [1.165, 1.54) is 4.88 Å². The van der Waals surface area contributed by atoms with Gasteiger partial charge in [-0.25, -0.2) is 4.99 Å². The lowest BCUT2D eigenvalue weighted by Gasteiger charge is -2.18. The molecule has 0 aliphatic carbocycles. The average Bonchev–Trinajstić information content (AvgIpc) is 2.69. The molecule has 0 amide bonds. The van der Waals surface area contributed by atoms with E-state index in [9.17, 15) is 0 Å². The molecule has 1 aliphatic rings. The Morgan fingerprint density at radius 1 is 1.50 bits per heavy atom. The highest BCUT2D eigenvalue weighted by molar-refractivity contribution is 7.10. The molecule has 0 N–H and O–H groups in total. The molecule has 72 valence electrons. The van der Waals surface area contributed by atoms with Gasteiger partial charge >= 0.3 is 0 Å². The zero-order valence-corrected chi connectivity index (χ0v) is 8.87. The van der Waals surface area contributed by atoms with Crippen molar-refractivity contribution in [1.29, 1.82) is 0 Å². The van der Waals surface area contributed by atoms with Crippen molar-refractivity contribution in [2.75, 3.05) is 13.6 Å². The van der Waals surface area contributed by atoms with Crippen LogP contribution in [0.15, 0.2) is 40.9 Å². The van der Waals surface area contributed by atoms with Crippen molar-refractivity contribution in [2.24, 2.45) is 4.99 Å². The molecule has 0 spiro atoms. The Kier molecular flexibility index (Phi) is 2.79. The van der Waals surface area contributed by atoms with Crippen LogP contribution < -0.4 is 0 Å². The molecule has 1 aromatic heterocycles. The van der Waals surface area contributed by atoms with Gasteiger partial charge in [0.15, 0.2) is 0 Å². The second-order valence-corrected chi connectivity index (χ2v) is 4.08. The van der Waals surface area contributed by atoms with E-state index < -0.39 is 0 Å². The van der Waals surface area contributed by atoms with Gasteiger partial charge in [0, 0.05) is 24.7 Å². The van der Waals surface area contributed by atoms with E-state index in [4.69, 9.17) is 0 Å². The largest absolute Gasteiger partial charge is 0.356 e. The standard InChI is InChI=1S/C11H12N2S/c1-13-8-3-7-12-11(13)6-5-10-4-2-9-14-10/h2-7,9H,8H2,1H3/b6-5+. The number of amidine groups is 1. The molecule has 0 aromatic carbocycles. The zero-order chi connectivity index (χ0) is 9.80. The van der Waals surface area contributed by atoms with Gasteiger partial charge in [0.2, 0.25) is 0 Å². The minimum absolute atomic E-state index is 0.938. The number of hydrogen-bond acceptors (Lipinski definition) is 3. The van der Waals surface area contributed by atoms with Gasteiger partial charge < -0.3 is 4.90 Å². The van der Waals surface area contributed by atoms with Gasteiger partial charge in [0.05, 0.1) is 0 Å². The van der Waals surface area contributed by atoms with Crippen molar-refractivity contribution in [2.45, 2.75) is 0 Å². The lowest BCUT2D eigenvalue weighted by molar-refractivity contribution is 0.560. The molecule has 3 heteroatoms. The molecular weight excluding hydrogens is 192 g/mol. The Morgan fingerprint density at radius 2 is 2.43 bits per heavy atom. The fourth-order valence-electron chi connectivity index (χ4n) is 1.24. The zero-order valence-electron chi connectivity index (χ0n) is 8.05. The summed E-state index contributed by atoms with van der Waals surface area (Å²) in [4.78, 5) is 7.66. The summed E-state index contributed by atoms with van der Waals surface area (Å²) in [7, 11) is 2.04. The van der Waals surface area contributed by atoms with E-state index in [1.54, 1.807) is 11.3 Å². The van der Waals surface area contributed by atoms with Gasteiger partial charge in [-0.05, 0) is 29.7 Å². The molecule has 14 heavy (non-hydrogen) atoms. The van der Waals surface area contributed by atoms with E-state index in [-0.39, 0.29) is 0 Å². The molecule has 0 saturated carbocycles. The first-order valence-corrected chi connectivity index (χ1v) is 5.40. The maximum Gasteiger partial charge on any atom is 0.128 e. The van der Waals surface area contributed by atoms with Crippen LogP contribution in [0.3, 0.4) is 0 Å². The summed E-state index contributed by atoms with van der Waals surface area (Å²) in [6.45, 7) is 0.938. The predicted molar refractivity (Wildman–Crippen MR) is 62.6 cm³/mol. The van der Waals surface area contributed by atoms with E-state index in [1.807, 2.05) is 19.3 Å². The Balaban J connectivity index is 2.10. The minimum Gasteiger partial charge on any atom is -0.356 e. The average molecular weight is 204 g/mol. The normalized spacial score (nSPS) is 16.4. The van der Waals surface area contributed by atoms with E-state index in [2.05, 4.69) is 39.6 Å². The second kappa shape index (κ2) is 4.24. The Hall–Kier alpha value is -1.35. The van der Waals surface area contributed by atoms with Crippen molar-refractivity contribution in [1.82, 2.24) is 4.90 Å². The molecule has 0 atom stereocenters. The molecule has 0 saturated heterocycles. The first-order valence-electron chi connectivity index (χ1n) is 4.52. The number of nitrogens with zero attached hydrogens (tertiary/aromatic N) is 2. The quantitative estimate of drug-likeness (QED) is 0.723. The number of aliphatic imine (C=N–C) groups is 1. The van der Waals surface area contributed by atoms with E-state index in [0.717, 1.165) is 12.4 Å². The fourth-order valence-corrected chi connectivity index (χ4v) is 1.86. The SMILES string of the molecule is CN1CC=CN=C1/C=C/c1cccs1. The second-order valence-electron chi connectivity index (χ2n) is 3.10. The Morgan fingerprint density at radius 3 is 3.14 bits per heavy atom. The number of hydrogen-bond donors (Lipinski definition) is 0. The van der Waals surface area contributed by atoms with E-state index in [0.29, 0.717) is 0 Å². The maximum atomic E-state index is 4.29. The van der Waals surface area contributed by atoms with Gasteiger partial charge in [-0.1, -0.05) is 6.07 Å². The third-order valence-electron chi connectivity index (χ3n) is 2.02. The third kappa shape index (κ3) is 2.12. The molecule has 2 rings (SSSR count). The molecule has 1 aliphatic heterocycles. The van der Waals surface area contributed by atoms with Gasteiger partial charge in [0.25, 0.3) is 0 Å². The summed E-state index contributed by atoms with van der Waals surface area (Å²) in [5.74, 6) is 1.01. The van der Waals surface area contributed by atoms with Crippen molar-refractivity contribution in [3.63, 3.8) is 0 Å². The summed E-state index contributed by atoms with van der Waals surface area (Å²) in [5.41, 5.74) is 0. The van der Waals surface area contributed by atoms with Crippen LogP contribution in [-0.2, 0) is 0 Å². The van der Waals surface area contributed by atoms with Gasteiger partial charge in [-0.3, -0.25) is 0 Å². The number of thiophene rings is 1. The highest BCUT2D eigenvalue weighted by Gasteiger charge is 2.02. The van der Waals surface area contributed by atoms with Crippen molar-refractivity contribution >= 4 is 23.2 Å². The van der Waals surface area contributed by atoms with Gasteiger partial charge in [-0.2, -0.15) is 0 Å². The predicted octanol–water partition coefficient (Wildman–Crippen LogP) is 2.62. The van der Waals surface area contributed by atoms with Crippen molar-refractivity contribution in [3.05, 3.63) is 40.7 Å². The Bertz CT molecular complexity index is 374. The van der Waals surface area contributed by atoms with Gasteiger partial charge in [-0.15, -0.1) is 11.3 Å². The highest BCUT2D eigenvalue weighted by Crippen LogP contribution is 2.11. The molecule has 0 bridgehead atoms. The van der Waals surface area contributed by atoms with Crippen LogP contribution in [0.1, 0.15) is 4.88 Å². The minimum atomic E-state index is 0.938. The third-order valence-corrected chi connectivity index (χ3v) is 2.86. The lowest BCUT2D eigenvalue weighted by atomic mass is 10.3. The molecule has 1 aromatic rings. The van der Waals surface area contributed by atoms with Crippen LogP contribution in [0.25, 0.3) is 6.08 Å². The summed E-state index contributed by atoms with van der Waals surface area (Å²) in [6, 6.07) is 4.15. The maximum absolute atomic E-state index is 4.29. The van der Waals surface area contributed by atoms with Crippen LogP contribution in [0.2, 0.25) is 0 Å². The summed E-state index contributed by atoms with van der Waals surface area (Å²) in [6.07, 6.45) is 8.05. The lowest BCUT2D eigenvalue weighted by Crippen LogP contribution is -2.26. The van der Waals surface area contributed by atoms with Crippen LogP contribution in [0.5, 0.6) is 0 Å².